The van der Waals surface area contributed by atoms with Crippen LogP contribution in [0.5, 0.6) is 0 Å². The van der Waals surface area contributed by atoms with Crippen molar-refractivity contribution in [2.45, 2.75) is 6.92 Å². The fourth-order valence-electron chi connectivity index (χ4n) is 1.29. The zero-order valence-electron chi connectivity index (χ0n) is 11.3. The molecule has 0 amide bonds. The van der Waals surface area contributed by atoms with Crippen LogP contribution in [0.15, 0.2) is 12.2 Å². The first kappa shape index (κ1) is 17.5. The van der Waals surface area contributed by atoms with Gasteiger partial charge < -0.3 is 15.2 Å². The lowest BCUT2D eigenvalue weighted by Gasteiger charge is -2.10. The summed E-state index contributed by atoms with van der Waals surface area (Å²) in [6, 6.07) is 0. The van der Waals surface area contributed by atoms with Crippen LogP contribution in [-0.2, 0) is 14.3 Å². The Hall–Kier alpha value is -2.58. The second-order valence-corrected chi connectivity index (χ2v) is 4.10. The summed E-state index contributed by atoms with van der Waals surface area (Å²) in [5.74, 6) is -10.2. The maximum absolute atomic E-state index is 13.4. The quantitative estimate of drug-likeness (QED) is 0.224. The van der Waals surface area contributed by atoms with E-state index in [1.54, 1.807) is 0 Å². The molecule has 5 nitrogen and oxygen atoms in total. The monoisotopic (exact) mass is 321 g/mol. The zero-order valence-corrected chi connectivity index (χ0v) is 11.3. The summed E-state index contributed by atoms with van der Waals surface area (Å²) in [6.45, 7) is 3.66. The standard InChI is InChI=1S/C13H11F4NO4/c1-5(2)12(19)21-3-4-22-13(20)6-7(14)9(16)11(18)10(17)8(6)15/h1,3-4,18H2,2H3. The molecule has 1 aromatic carbocycles. The molecular formula is C13H11F4NO4. The number of esters is 2. The number of ether oxygens (including phenoxy) is 2. The van der Waals surface area contributed by atoms with E-state index in [1.165, 1.54) is 6.92 Å². The lowest BCUT2D eigenvalue weighted by atomic mass is 10.1. The molecule has 0 bridgehead atoms. The fraction of sp³-hybridized carbons (Fsp3) is 0.231. The van der Waals surface area contributed by atoms with Crippen molar-refractivity contribution in [3.8, 4) is 0 Å². The normalized spacial score (nSPS) is 10.2. The predicted molar refractivity (Wildman–Crippen MR) is 66.7 cm³/mol. The van der Waals surface area contributed by atoms with Crippen molar-refractivity contribution < 1.29 is 36.6 Å². The fourth-order valence-corrected chi connectivity index (χ4v) is 1.29. The third-order valence-corrected chi connectivity index (χ3v) is 2.40. The highest BCUT2D eigenvalue weighted by Gasteiger charge is 2.29. The van der Waals surface area contributed by atoms with Gasteiger partial charge in [0.25, 0.3) is 0 Å². The summed E-state index contributed by atoms with van der Waals surface area (Å²) in [7, 11) is 0. The second-order valence-electron chi connectivity index (χ2n) is 4.10. The Morgan fingerprint density at radius 2 is 1.45 bits per heavy atom. The molecule has 0 aliphatic heterocycles. The van der Waals surface area contributed by atoms with Gasteiger partial charge in [-0.05, 0) is 6.92 Å². The number of carbonyl (C=O) groups is 2. The van der Waals surface area contributed by atoms with E-state index < -0.39 is 59.7 Å². The average Bonchev–Trinajstić information content (AvgIpc) is 2.47. The third-order valence-electron chi connectivity index (χ3n) is 2.40. The Bertz CT molecular complexity index is 616. The van der Waals surface area contributed by atoms with Crippen LogP contribution in [0.2, 0.25) is 0 Å². The number of anilines is 1. The van der Waals surface area contributed by atoms with Crippen molar-refractivity contribution in [3.63, 3.8) is 0 Å². The summed E-state index contributed by atoms with van der Waals surface area (Å²) in [4.78, 5) is 22.4. The maximum Gasteiger partial charge on any atom is 0.344 e. The van der Waals surface area contributed by atoms with Crippen LogP contribution in [0.1, 0.15) is 17.3 Å². The van der Waals surface area contributed by atoms with Gasteiger partial charge in [-0.25, -0.2) is 27.2 Å². The highest BCUT2D eigenvalue weighted by Crippen LogP contribution is 2.26. The lowest BCUT2D eigenvalue weighted by molar-refractivity contribution is -0.140. The average molecular weight is 321 g/mol. The van der Waals surface area contributed by atoms with Gasteiger partial charge in [-0.3, -0.25) is 0 Å². The van der Waals surface area contributed by atoms with Crippen molar-refractivity contribution in [2.24, 2.45) is 0 Å². The van der Waals surface area contributed by atoms with Crippen LogP contribution in [0, 0.1) is 23.3 Å². The van der Waals surface area contributed by atoms with E-state index >= 15 is 0 Å². The first-order valence-corrected chi connectivity index (χ1v) is 5.79. The van der Waals surface area contributed by atoms with E-state index in [1.807, 2.05) is 0 Å². The molecule has 0 heterocycles. The SMILES string of the molecule is C=C(C)C(=O)OCCOC(=O)c1c(F)c(F)c(N)c(F)c1F. The minimum absolute atomic E-state index is 0.0890. The number of rotatable bonds is 5. The van der Waals surface area contributed by atoms with Gasteiger partial charge in [0.2, 0.25) is 0 Å². The van der Waals surface area contributed by atoms with Crippen molar-refractivity contribution in [3.05, 3.63) is 41.0 Å². The van der Waals surface area contributed by atoms with Crippen molar-refractivity contribution in [1.82, 2.24) is 0 Å². The topological polar surface area (TPSA) is 78.6 Å². The van der Waals surface area contributed by atoms with E-state index in [0.29, 0.717) is 0 Å². The lowest BCUT2D eigenvalue weighted by Crippen LogP contribution is -2.18. The molecule has 2 N–H and O–H groups in total. The second kappa shape index (κ2) is 6.92. The molecule has 22 heavy (non-hydrogen) atoms. The molecule has 1 aromatic rings. The number of nitrogen functional groups attached to an aromatic ring is 1. The number of halogens is 4. The van der Waals surface area contributed by atoms with Crippen molar-refractivity contribution in [2.75, 3.05) is 18.9 Å². The Labute approximate surface area is 122 Å². The van der Waals surface area contributed by atoms with Gasteiger partial charge >= 0.3 is 11.9 Å². The minimum atomic E-state index is -1.97. The number of hydrogen-bond donors (Lipinski definition) is 1. The molecule has 0 atom stereocenters. The molecule has 0 saturated heterocycles. The summed E-state index contributed by atoms with van der Waals surface area (Å²) >= 11 is 0. The van der Waals surface area contributed by atoms with Gasteiger partial charge in [-0.15, -0.1) is 0 Å². The third kappa shape index (κ3) is 3.54. The number of hydrogen-bond acceptors (Lipinski definition) is 5. The van der Waals surface area contributed by atoms with Crippen molar-refractivity contribution >= 4 is 17.6 Å². The maximum atomic E-state index is 13.4. The highest BCUT2D eigenvalue weighted by atomic mass is 19.2. The molecule has 0 aromatic heterocycles. The summed E-state index contributed by atoms with van der Waals surface area (Å²) < 4.78 is 62.2. The Morgan fingerprint density at radius 3 is 1.91 bits per heavy atom. The smallest absolute Gasteiger partial charge is 0.344 e. The number of carbonyl (C=O) groups excluding carboxylic acids is 2. The van der Waals surface area contributed by atoms with Gasteiger partial charge in [-0.2, -0.15) is 0 Å². The molecule has 0 unspecified atom stereocenters. The highest BCUT2D eigenvalue weighted by molar-refractivity contribution is 5.90. The molecule has 9 heteroatoms. The molecule has 0 fully saturated rings. The molecule has 0 saturated carbocycles. The van der Waals surface area contributed by atoms with E-state index in [9.17, 15) is 27.2 Å². The van der Waals surface area contributed by atoms with Crippen LogP contribution in [-0.4, -0.2) is 25.2 Å². The van der Waals surface area contributed by atoms with E-state index in [0.717, 1.165) is 0 Å². The summed E-state index contributed by atoms with van der Waals surface area (Å²) in [5, 5.41) is 0. The molecule has 0 spiro atoms. The number of nitrogens with two attached hydrogens (primary N) is 1. The molecule has 1 rings (SSSR count). The Balaban J connectivity index is 2.79. The first-order chi connectivity index (χ1) is 10.2. The zero-order chi connectivity index (χ0) is 17.0. The number of benzene rings is 1. The van der Waals surface area contributed by atoms with Gasteiger partial charge in [0, 0.05) is 5.57 Å². The van der Waals surface area contributed by atoms with Crippen LogP contribution in [0.25, 0.3) is 0 Å². The van der Waals surface area contributed by atoms with E-state index in [2.05, 4.69) is 16.1 Å². The van der Waals surface area contributed by atoms with E-state index in [4.69, 9.17) is 5.73 Å². The summed E-state index contributed by atoms with van der Waals surface area (Å²) in [5.41, 5.74) is 1.93. The Kier molecular flexibility index (Phi) is 5.50. The van der Waals surface area contributed by atoms with Gasteiger partial charge in [0.05, 0.1) is 0 Å². The molecule has 120 valence electrons. The van der Waals surface area contributed by atoms with Crippen LogP contribution >= 0.6 is 0 Å². The van der Waals surface area contributed by atoms with Gasteiger partial charge in [0.1, 0.15) is 24.5 Å². The van der Waals surface area contributed by atoms with Crippen LogP contribution in [0.3, 0.4) is 0 Å². The van der Waals surface area contributed by atoms with Crippen LogP contribution in [0.4, 0.5) is 23.2 Å². The molecule has 0 aliphatic carbocycles. The van der Waals surface area contributed by atoms with Gasteiger partial charge in [0.15, 0.2) is 23.3 Å². The first-order valence-electron chi connectivity index (χ1n) is 5.79. The van der Waals surface area contributed by atoms with Crippen LogP contribution < -0.4 is 5.73 Å². The van der Waals surface area contributed by atoms with Crippen molar-refractivity contribution in [1.29, 1.82) is 0 Å². The molecule has 0 radical (unpaired) electrons. The Morgan fingerprint density at radius 1 is 1.00 bits per heavy atom. The van der Waals surface area contributed by atoms with E-state index in [-0.39, 0.29) is 5.57 Å². The van der Waals surface area contributed by atoms with Gasteiger partial charge in [-0.1, -0.05) is 6.58 Å². The molecule has 0 aliphatic rings. The minimum Gasteiger partial charge on any atom is -0.459 e. The predicted octanol–water partition coefficient (Wildman–Crippen LogP) is 2.10. The molecular weight excluding hydrogens is 310 g/mol. The summed E-state index contributed by atoms with van der Waals surface area (Å²) in [6.07, 6.45) is 0. The largest absolute Gasteiger partial charge is 0.459 e.